The molecule has 1 atom stereocenters. The lowest BCUT2D eigenvalue weighted by Crippen LogP contribution is -2.51. The molecule has 1 aliphatic rings. The normalized spacial score (nSPS) is 17.4. The van der Waals surface area contributed by atoms with E-state index in [2.05, 4.69) is 10.7 Å². The molecule has 1 aliphatic heterocycles. The molecule has 0 saturated heterocycles. The van der Waals surface area contributed by atoms with Gasteiger partial charge in [0.1, 0.15) is 12.4 Å². The molecule has 0 saturated carbocycles. The molecule has 2 heterocycles. The first-order chi connectivity index (χ1) is 10.1. The zero-order valence-electron chi connectivity index (χ0n) is 11.4. The average molecular weight is 312 g/mol. The molecule has 4 N–H and O–H groups in total. The van der Waals surface area contributed by atoms with E-state index in [0.29, 0.717) is 23.4 Å². The van der Waals surface area contributed by atoms with Crippen LogP contribution < -0.4 is 10.5 Å². The van der Waals surface area contributed by atoms with E-state index in [0.717, 1.165) is 24.7 Å². The summed E-state index contributed by atoms with van der Waals surface area (Å²) in [5.74, 6) is -1.10. The molecule has 0 radical (unpaired) electrons. The summed E-state index contributed by atoms with van der Waals surface area (Å²) in [4.78, 5) is 3.01. The zero-order chi connectivity index (χ0) is 15.0. The molecule has 0 bridgehead atoms. The molecule has 0 fully saturated rings. The van der Waals surface area contributed by atoms with Crippen molar-refractivity contribution in [3.05, 3.63) is 46.0 Å². The van der Waals surface area contributed by atoms with E-state index < -0.39 is 11.6 Å². The number of ether oxygens (including phenoxy) is 1. The Morgan fingerprint density at radius 1 is 1.43 bits per heavy atom. The van der Waals surface area contributed by atoms with E-state index in [1.807, 2.05) is 10.8 Å². The number of H-pyrrole nitrogens is 1. The van der Waals surface area contributed by atoms with Crippen molar-refractivity contribution >= 4 is 12.2 Å². The molecule has 112 valence electrons. The summed E-state index contributed by atoms with van der Waals surface area (Å²) in [5, 5.41) is 0. The second-order valence-corrected chi connectivity index (χ2v) is 5.49. The third-order valence-corrected chi connectivity index (χ3v) is 3.96. The number of aromatic amines is 1. The summed E-state index contributed by atoms with van der Waals surface area (Å²) in [7, 11) is 0. The standard InChI is InChI=1S/C14H15F2N3OS/c15-9-3-8-4-11(7-20-13(8)12(16)5-9)19-10(1-2-17)6-18-14(19)21/h3,5-6,11H,1-2,4,7,17H2,(H,18,21)/p+1/t11-/m0/s1. The van der Waals surface area contributed by atoms with E-state index in [1.54, 1.807) is 0 Å². The van der Waals surface area contributed by atoms with E-state index in [9.17, 15) is 8.78 Å². The Morgan fingerprint density at radius 2 is 2.24 bits per heavy atom. The van der Waals surface area contributed by atoms with Gasteiger partial charge in [-0.1, -0.05) is 0 Å². The Hall–Kier alpha value is -1.73. The lowest BCUT2D eigenvalue weighted by atomic mass is 10.0. The van der Waals surface area contributed by atoms with Crippen LogP contribution in [0.15, 0.2) is 18.3 Å². The summed E-state index contributed by atoms with van der Waals surface area (Å²) in [6, 6.07) is 2.09. The Labute approximate surface area is 125 Å². The Balaban J connectivity index is 1.97. The summed E-state index contributed by atoms with van der Waals surface area (Å²) >= 11 is 5.30. The van der Waals surface area contributed by atoms with Gasteiger partial charge in [-0.05, 0) is 18.3 Å². The topological polar surface area (TPSA) is 57.6 Å². The van der Waals surface area contributed by atoms with Gasteiger partial charge in [0.15, 0.2) is 16.3 Å². The van der Waals surface area contributed by atoms with Gasteiger partial charge in [0.2, 0.25) is 0 Å². The van der Waals surface area contributed by atoms with Crippen LogP contribution in [0.5, 0.6) is 5.75 Å². The van der Waals surface area contributed by atoms with Gasteiger partial charge in [0.05, 0.1) is 12.6 Å². The molecular formula is C14H16F2N3OS+. The van der Waals surface area contributed by atoms with Crippen LogP contribution in [0.1, 0.15) is 17.3 Å². The van der Waals surface area contributed by atoms with Crippen molar-refractivity contribution in [2.75, 3.05) is 13.2 Å². The number of quaternary nitrogens is 1. The fraction of sp³-hybridized carbons (Fsp3) is 0.357. The van der Waals surface area contributed by atoms with Crippen molar-refractivity contribution in [1.29, 1.82) is 0 Å². The first-order valence-electron chi connectivity index (χ1n) is 6.79. The summed E-state index contributed by atoms with van der Waals surface area (Å²) in [6.45, 7) is 1.06. The van der Waals surface area contributed by atoms with Crippen LogP contribution in [0.3, 0.4) is 0 Å². The minimum Gasteiger partial charge on any atom is -0.488 e. The number of halogens is 2. The van der Waals surface area contributed by atoms with Gasteiger partial charge in [0.25, 0.3) is 0 Å². The second-order valence-electron chi connectivity index (χ2n) is 5.10. The van der Waals surface area contributed by atoms with Gasteiger partial charge in [-0.3, -0.25) is 0 Å². The molecule has 7 heteroatoms. The van der Waals surface area contributed by atoms with Crippen LogP contribution in [0, 0.1) is 16.4 Å². The van der Waals surface area contributed by atoms with Gasteiger partial charge in [0, 0.05) is 36.4 Å². The quantitative estimate of drug-likeness (QED) is 0.849. The van der Waals surface area contributed by atoms with Crippen LogP contribution in [0.4, 0.5) is 8.78 Å². The van der Waals surface area contributed by atoms with Crippen molar-refractivity contribution in [2.24, 2.45) is 0 Å². The van der Waals surface area contributed by atoms with Crippen molar-refractivity contribution in [3.8, 4) is 5.75 Å². The lowest BCUT2D eigenvalue weighted by molar-refractivity contribution is -0.366. The number of nitrogens with zero attached hydrogens (tertiary/aromatic N) is 1. The zero-order valence-corrected chi connectivity index (χ0v) is 12.2. The highest BCUT2D eigenvalue weighted by Crippen LogP contribution is 2.33. The van der Waals surface area contributed by atoms with Gasteiger partial charge in [-0.25, -0.2) is 8.78 Å². The predicted octanol–water partition coefficient (Wildman–Crippen LogP) is 1.78. The number of rotatable bonds is 3. The van der Waals surface area contributed by atoms with Crippen LogP contribution in [-0.4, -0.2) is 22.7 Å². The Morgan fingerprint density at radius 3 is 3.00 bits per heavy atom. The minimum atomic E-state index is -0.654. The van der Waals surface area contributed by atoms with Crippen molar-refractivity contribution in [2.45, 2.75) is 18.9 Å². The second kappa shape index (κ2) is 5.57. The van der Waals surface area contributed by atoms with Crippen LogP contribution in [-0.2, 0) is 12.8 Å². The number of aromatic nitrogens is 2. The van der Waals surface area contributed by atoms with Crippen LogP contribution in [0.2, 0.25) is 0 Å². The number of hydrogen-bond donors (Lipinski definition) is 2. The van der Waals surface area contributed by atoms with Crippen molar-refractivity contribution in [1.82, 2.24) is 9.55 Å². The monoisotopic (exact) mass is 312 g/mol. The maximum Gasteiger partial charge on any atom is 0.177 e. The molecular weight excluding hydrogens is 296 g/mol. The molecule has 0 unspecified atom stereocenters. The molecule has 0 spiro atoms. The fourth-order valence-corrected chi connectivity index (χ4v) is 3.10. The largest absolute Gasteiger partial charge is 0.488 e. The average Bonchev–Trinajstić information content (AvgIpc) is 2.79. The van der Waals surface area contributed by atoms with Crippen molar-refractivity contribution < 1.29 is 19.3 Å². The smallest absolute Gasteiger partial charge is 0.177 e. The van der Waals surface area contributed by atoms with E-state index in [1.165, 1.54) is 6.07 Å². The fourth-order valence-electron chi connectivity index (χ4n) is 2.77. The van der Waals surface area contributed by atoms with Crippen LogP contribution >= 0.6 is 12.2 Å². The minimum absolute atomic E-state index is 0.0704. The molecule has 4 nitrogen and oxygen atoms in total. The maximum absolute atomic E-state index is 13.7. The van der Waals surface area contributed by atoms with Crippen LogP contribution in [0.25, 0.3) is 0 Å². The molecule has 3 rings (SSSR count). The van der Waals surface area contributed by atoms with Gasteiger partial charge >= 0.3 is 0 Å². The number of nitrogens with one attached hydrogen (secondary N) is 1. The van der Waals surface area contributed by atoms with E-state index in [4.69, 9.17) is 17.0 Å². The third kappa shape index (κ3) is 2.58. The van der Waals surface area contributed by atoms with E-state index >= 15 is 0 Å². The number of hydrogen-bond acceptors (Lipinski definition) is 2. The molecule has 0 aliphatic carbocycles. The SMILES string of the molecule is [NH3+]CCc1c[nH]c(=S)n1[C@@H]1COc2c(F)cc(F)cc2C1. The maximum atomic E-state index is 13.7. The number of fused-ring (bicyclic) bond motifs is 1. The summed E-state index contributed by atoms with van der Waals surface area (Å²) < 4.78 is 35.1. The number of benzene rings is 1. The van der Waals surface area contributed by atoms with Gasteiger partial charge < -0.3 is 20.0 Å². The van der Waals surface area contributed by atoms with Gasteiger partial charge in [-0.2, -0.15) is 0 Å². The molecule has 2 aromatic rings. The first kappa shape index (κ1) is 14.2. The van der Waals surface area contributed by atoms with Crippen molar-refractivity contribution in [3.63, 3.8) is 0 Å². The highest BCUT2D eigenvalue weighted by Gasteiger charge is 2.26. The van der Waals surface area contributed by atoms with E-state index in [-0.39, 0.29) is 11.8 Å². The highest BCUT2D eigenvalue weighted by atomic mass is 32.1. The number of imidazole rings is 1. The predicted molar refractivity (Wildman–Crippen MR) is 75.7 cm³/mol. The van der Waals surface area contributed by atoms with Gasteiger partial charge in [-0.15, -0.1) is 0 Å². The molecule has 1 aromatic carbocycles. The highest BCUT2D eigenvalue weighted by molar-refractivity contribution is 7.71. The summed E-state index contributed by atoms with van der Waals surface area (Å²) in [5.41, 5.74) is 5.41. The Bertz CT molecular complexity index is 725. The third-order valence-electron chi connectivity index (χ3n) is 3.65. The molecule has 0 amide bonds. The lowest BCUT2D eigenvalue weighted by Gasteiger charge is -2.27. The summed E-state index contributed by atoms with van der Waals surface area (Å²) in [6.07, 6.45) is 3.13. The molecule has 1 aromatic heterocycles. The first-order valence-corrected chi connectivity index (χ1v) is 7.19. The molecule has 21 heavy (non-hydrogen) atoms. The Kier molecular flexibility index (Phi) is 3.77.